The monoisotopic (exact) mass is 258 g/mol. The molecule has 4 nitrogen and oxygen atoms in total. The van der Waals surface area contributed by atoms with Gasteiger partial charge in [0.1, 0.15) is 0 Å². The molecule has 2 rings (SSSR count). The van der Waals surface area contributed by atoms with E-state index < -0.39 is 5.97 Å². The molecule has 0 aromatic heterocycles. The first-order chi connectivity index (χ1) is 9.20. The average molecular weight is 258 g/mol. The van der Waals surface area contributed by atoms with E-state index in [2.05, 4.69) is 17.6 Å². The van der Waals surface area contributed by atoms with Crippen LogP contribution in [0.15, 0.2) is 54.3 Å². The standard InChI is InChI=1S/C15H18N2O2/c1-2-16-17-11-13(15(18)19)8-9-14(17)10-12-6-4-3-5-7-12/h3-9,11,14,16H,2,10H2,1H3,(H,18,19). The van der Waals surface area contributed by atoms with Crippen molar-refractivity contribution >= 4 is 5.97 Å². The zero-order chi connectivity index (χ0) is 13.7. The zero-order valence-electron chi connectivity index (χ0n) is 10.9. The molecule has 0 saturated heterocycles. The predicted octanol–water partition coefficient (Wildman–Crippen LogP) is 1.96. The van der Waals surface area contributed by atoms with Crippen molar-refractivity contribution in [2.45, 2.75) is 19.4 Å². The molecule has 1 aliphatic heterocycles. The highest BCUT2D eigenvalue weighted by Gasteiger charge is 2.19. The van der Waals surface area contributed by atoms with Gasteiger partial charge in [0, 0.05) is 12.7 Å². The minimum absolute atomic E-state index is 0.130. The highest BCUT2D eigenvalue weighted by atomic mass is 16.4. The lowest BCUT2D eigenvalue weighted by molar-refractivity contribution is -0.132. The van der Waals surface area contributed by atoms with Crippen LogP contribution in [-0.4, -0.2) is 28.7 Å². The normalized spacial score (nSPS) is 18.3. The molecule has 1 unspecified atom stereocenters. The van der Waals surface area contributed by atoms with Gasteiger partial charge in [0.25, 0.3) is 0 Å². The number of nitrogens with zero attached hydrogens (tertiary/aromatic N) is 1. The molecule has 19 heavy (non-hydrogen) atoms. The van der Waals surface area contributed by atoms with Gasteiger partial charge in [0.05, 0.1) is 11.6 Å². The van der Waals surface area contributed by atoms with Crippen LogP contribution in [-0.2, 0) is 11.2 Å². The fourth-order valence-corrected chi connectivity index (χ4v) is 2.09. The number of carbonyl (C=O) groups is 1. The van der Waals surface area contributed by atoms with E-state index in [0.29, 0.717) is 5.57 Å². The molecule has 1 atom stereocenters. The Morgan fingerprint density at radius 1 is 1.37 bits per heavy atom. The van der Waals surface area contributed by atoms with Crippen molar-refractivity contribution in [2.24, 2.45) is 0 Å². The lowest BCUT2D eigenvalue weighted by atomic mass is 10.0. The van der Waals surface area contributed by atoms with E-state index in [1.54, 1.807) is 12.3 Å². The first-order valence-electron chi connectivity index (χ1n) is 6.39. The molecule has 0 aliphatic carbocycles. The summed E-state index contributed by atoms with van der Waals surface area (Å²) in [6.45, 7) is 2.74. The van der Waals surface area contributed by atoms with Gasteiger partial charge in [-0.1, -0.05) is 43.3 Å². The molecule has 0 amide bonds. The Kier molecular flexibility index (Phi) is 4.36. The first-order valence-corrected chi connectivity index (χ1v) is 6.39. The lowest BCUT2D eigenvalue weighted by Crippen LogP contribution is -2.43. The molecular weight excluding hydrogens is 240 g/mol. The number of rotatable bonds is 5. The third-order valence-corrected chi connectivity index (χ3v) is 3.01. The van der Waals surface area contributed by atoms with Crippen LogP contribution in [0.2, 0.25) is 0 Å². The van der Waals surface area contributed by atoms with Gasteiger partial charge in [0.2, 0.25) is 0 Å². The Morgan fingerprint density at radius 2 is 2.11 bits per heavy atom. The average Bonchev–Trinajstić information content (AvgIpc) is 2.42. The number of aliphatic carboxylic acids is 1. The van der Waals surface area contributed by atoms with Gasteiger partial charge in [-0.25, -0.2) is 10.2 Å². The van der Waals surface area contributed by atoms with Crippen molar-refractivity contribution in [3.05, 3.63) is 59.8 Å². The second-order valence-electron chi connectivity index (χ2n) is 4.42. The minimum atomic E-state index is -0.905. The smallest absolute Gasteiger partial charge is 0.337 e. The molecule has 0 radical (unpaired) electrons. The zero-order valence-corrected chi connectivity index (χ0v) is 10.9. The summed E-state index contributed by atoms with van der Waals surface area (Å²) < 4.78 is 0. The van der Waals surface area contributed by atoms with Crippen molar-refractivity contribution in [1.82, 2.24) is 10.4 Å². The van der Waals surface area contributed by atoms with Crippen LogP contribution in [0.4, 0.5) is 0 Å². The number of hydrogen-bond acceptors (Lipinski definition) is 3. The van der Waals surface area contributed by atoms with E-state index in [1.165, 1.54) is 5.56 Å². The molecule has 4 heteroatoms. The third-order valence-electron chi connectivity index (χ3n) is 3.01. The number of hydrazine groups is 1. The minimum Gasteiger partial charge on any atom is -0.478 e. The Balaban J connectivity index is 2.12. The quantitative estimate of drug-likeness (QED) is 0.847. The summed E-state index contributed by atoms with van der Waals surface area (Å²) >= 11 is 0. The van der Waals surface area contributed by atoms with Crippen molar-refractivity contribution in [3.8, 4) is 0 Å². The molecule has 0 spiro atoms. The molecule has 1 aromatic rings. The van der Waals surface area contributed by atoms with Crippen molar-refractivity contribution in [3.63, 3.8) is 0 Å². The van der Waals surface area contributed by atoms with Crippen molar-refractivity contribution in [1.29, 1.82) is 0 Å². The number of nitrogens with one attached hydrogen (secondary N) is 1. The fourth-order valence-electron chi connectivity index (χ4n) is 2.09. The molecule has 0 fully saturated rings. The Labute approximate surface area is 113 Å². The van der Waals surface area contributed by atoms with Gasteiger partial charge in [0.15, 0.2) is 0 Å². The molecule has 2 N–H and O–H groups in total. The van der Waals surface area contributed by atoms with E-state index >= 15 is 0 Å². The molecule has 1 aromatic carbocycles. The summed E-state index contributed by atoms with van der Waals surface area (Å²) in [7, 11) is 0. The SMILES string of the molecule is CCNN1C=C(C(=O)O)C=CC1Cc1ccccc1. The maximum atomic E-state index is 11.0. The summed E-state index contributed by atoms with van der Waals surface area (Å²) in [5, 5.41) is 10.9. The van der Waals surface area contributed by atoms with Crippen LogP contribution < -0.4 is 5.43 Å². The fraction of sp³-hybridized carbons (Fsp3) is 0.267. The Bertz CT molecular complexity index is 494. The van der Waals surface area contributed by atoms with Crippen molar-refractivity contribution < 1.29 is 9.90 Å². The Morgan fingerprint density at radius 3 is 2.74 bits per heavy atom. The number of carboxylic acids is 1. The largest absolute Gasteiger partial charge is 0.478 e. The van der Waals surface area contributed by atoms with Gasteiger partial charge in [-0.15, -0.1) is 0 Å². The summed E-state index contributed by atoms with van der Waals surface area (Å²) in [6, 6.07) is 10.3. The van der Waals surface area contributed by atoms with Gasteiger partial charge in [-0.2, -0.15) is 0 Å². The van der Waals surface area contributed by atoms with Gasteiger partial charge >= 0.3 is 5.97 Å². The summed E-state index contributed by atoms with van der Waals surface area (Å²) in [5.41, 5.74) is 4.71. The van der Waals surface area contributed by atoms with E-state index in [0.717, 1.165) is 13.0 Å². The molecule has 0 saturated carbocycles. The second kappa shape index (κ2) is 6.20. The van der Waals surface area contributed by atoms with Crippen LogP contribution in [0.1, 0.15) is 12.5 Å². The van der Waals surface area contributed by atoms with Crippen LogP contribution in [0, 0.1) is 0 Å². The van der Waals surface area contributed by atoms with Crippen LogP contribution in [0.3, 0.4) is 0 Å². The molecular formula is C15H18N2O2. The maximum Gasteiger partial charge on any atom is 0.337 e. The van der Waals surface area contributed by atoms with E-state index in [4.69, 9.17) is 5.11 Å². The van der Waals surface area contributed by atoms with E-state index in [-0.39, 0.29) is 6.04 Å². The van der Waals surface area contributed by atoms with Crippen molar-refractivity contribution in [2.75, 3.05) is 6.54 Å². The summed E-state index contributed by atoms with van der Waals surface area (Å²) in [4.78, 5) is 11.0. The Hall–Kier alpha value is -2.07. The molecule has 100 valence electrons. The summed E-state index contributed by atoms with van der Waals surface area (Å²) in [6.07, 6.45) is 6.09. The van der Waals surface area contributed by atoms with Gasteiger partial charge < -0.3 is 10.1 Å². The van der Waals surface area contributed by atoms with Crippen LogP contribution in [0.25, 0.3) is 0 Å². The van der Waals surface area contributed by atoms with Gasteiger partial charge in [-0.3, -0.25) is 0 Å². The van der Waals surface area contributed by atoms with Gasteiger partial charge in [-0.05, 0) is 18.1 Å². The topological polar surface area (TPSA) is 52.6 Å². The molecule has 1 aliphatic rings. The van der Waals surface area contributed by atoms with E-state index in [1.807, 2.05) is 36.2 Å². The molecule has 1 heterocycles. The van der Waals surface area contributed by atoms with E-state index in [9.17, 15) is 4.79 Å². The number of carboxylic acid groups (broad SMARTS) is 1. The first kappa shape index (κ1) is 13.4. The lowest BCUT2D eigenvalue weighted by Gasteiger charge is -2.31. The maximum absolute atomic E-state index is 11.0. The van der Waals surface area contributed by atoms with Crippen LogP contribution in [0.5, 0.6) is 0 Å². The number of benzene rings is 1. The number of hydrogen-bond donors (Lipinski definition) is 2. The summed E-state index contributed by atoms with van der Waals surface area (Å²) in [5.74, 6) is -0.905. The third kappa shape index (κ3) is 3.45. The molecule has 0 bridgehead atoms. The highest BCUT2D eigenvalue weighted by Crippen LogP contribution is 2.16. The second-order valence-corrected chi connectivity index (χ2v) is 4.42. The predicted molar refractivity (Wildman–Crippen MR) is 74.3 cm³/mol. The van der Waals surface area contributed by atoms with Crippen LogP contribution >= 0.6 is 0 Å². The highest BCUT2D eigenvalue weighted by molar-refractivity contribution is 5.89.